The van der Waals surface area contributed by atoms with Crippen molar-refractivity contribution in [2.45, 2.75) is 31.7 Å². The van der Waals surface area contributed by atoms with Crippen molar-refractivity contribution in [2.75, 3.05) is 5.73 Å². The van der Waals surface area contributed by atoms with Gasteiger partial charge in [0.25, 0.3) is 5.56 Å². The summed E-state index contributed by atoms with van der Waals surface area (Å²) in [6.45, 7) is 2.02. The van der Waals surface area contributed by atoms with Gasteiger partial charge in [0.2, 0.25) is 0 Å². The van der Waals surface area contributed by atoms with Crippen molar-refractivity contribution >= 4 is 17.4 Å². The minimum Gasteiger partial charge on any atom is -0.381 e. The number of hydrogen-bond acceptors (Lipinski definition) is 7. The fourth-order valence-electron chi connectivity index (χ4n) is 5.03. The van der Waals surface area contributed by atoms with E-state index in [4.69, 9.17) is 17.3 Å². The van der Waals surface area contributed by atoms with E-state index < -0.39 is 11.6 Å². The fraction of sp³-hybridized carbons (Fsp3) is 0.200. The van der Waals surface area contributed by atoms with Crippen LogP contribution in [0.2, 0.25) is 5.02 Å². The summed E-state index contributed by atoms with van der Waals surface area (Å²) < 4.78 is 32.2. The summed E-state index contributed by atoms with van der Waals surface area (Å²) in [6.07, 6.45) is 5.54. The second kappa shape index (κ2) is 9.14. The molecule has 0 fully saturated rings. The fourth-order valence-corrected chi connectivity index (χ4v) is 5.19. The second-order valence-corrected chi connectivity index (χ2v) is 9.62. The molecule has 10 nitrogen and oxygen atoms in total. The lowest BCUT2D eigenvalue weighted by atomic mass is 9.99. The number of nitrogens with one attached hydrogen (secondary N) is 1. The monoisotopic (exact) mass is 535 g/mol. The minimum atomic E-state index is -0.664. The number of benzene rings is 1. The number of aromatic nitrogens is 8. The van der Waals surface area contributed by atoms with Gasteiger partial charge in [-0.1, -0.05) is 18.5 Å². The quantitative estimate of drug-likeness (QED) is 0.346. The van der Waals surface area contributed by atoms with E-state index in [0.717, 1.165) is 5.69 Å². The Hall–Kier alpha value is -4.45. The number of rotatable bonds is 5. The van der Waals surface area contributed by atoms with Crippen molar-refractivity contribution in [3.8, 4) is 28.1 Å². The SMILES string of the molecule is C[C@@H]1C[C@@H](Cc2ncc(-c3cnc(N)c(F)c3)[nH]2)n2c1cc(-c1c(-n3cnnn3)ccc(Cl)c1F)cc2=O. The van der Waals surface area contributed by atoms with Crippen LogP contribution in [0.25, 0.3) is 28.1 Å². The first-order valence-electron chi connectivity index (χ1n) is 11.7. The first-order chi connectivity index (χ1) is 18.3. The van der Waals surface area contributed by atoms with Gasteiger partial charge < -0.3 is 15.3 Å². The topological polar surface area (TPSA) is 133 Å². The molecular weight excluding hydrogens is 516 g/mol. The predicted molar refractivity (Wildman–Crippen MR) is 136 cm³/mol. The first kappa shape index (κ1) is 23.9. The third-order valence-electron chi connectivity index (χ3n) is 6.79. The van der Waals surface area contributed by atoms with Gasteiger partial charge in [-0.05, 0) is 52.6 Å². The summed E-state index contributed by atoms with van der Waals surface area (Å²) in [5.74, 6) is -0.787. The van der Waals surface area contributed by atoms with E-state index in [-0.39, 0.29) is 33.9 Å². The molecule has 1 aliphatic rings. The Morgan fingerprint density at radius 3 is 2.76 bits per heavy atom. The van der Waals surface area contributed by atoms with Crippen LogP contribution >= 0.6 is 11.6 Å². The van der Waals surface area contributed by atoms with Crippen LogP contribution in [0.15, 0.2) is 53.8 Å². The summed E-state index contributed by atoms with van der Waals surface area (Å²) >= 11 is 6.10. The smallest absolute Gasteiger partial charge is 0.251 e. The highest BCUT2D eigenvalue weighted by molar-refractivity contribution is 6.31. The molecule has 3 N–H and O–H groups in total. The number of anilines is 1. The molecule has 0 saturated heterocycles. The Bertz CT molecular complexity index is 1730. The number of hydrogen-bond donors (Lipinski definition) is 2. The zero-order valence-corrected chi connectivity index (χ0v) is 20.7. The highest BCUT2D eigenvalue weighted by Gasteiger charge is 2.31. The number of halogens is 3. The Morgan fingerprint density at radius 2 is 2.00 bits per heavy atom. The van der Waals surface area contributed by atoms with Crippen LogP contribution in [0.3, 0.4) is 0 Å². The third kappa shape index (κ3) is 4.02. The lowest BCUT2D eigenvalue weighted by molar-refractivity contribution is 0.490. The predicted octanol–water partition coefficient (Wildman–Crippen LogP) is 4.08. The number of H-pyrrole nitrogens is 1. The standard InChI is InChI=1S/C25H20ClF2N9O/c1-12-4-15(8-21-30-10-18(33-21)14-5-17(27)25(29)31-9-14)37-20(12)6-13(7-22(37)38)23-19(36-11-32-34-35-36)3-2-16(26)24(23)28/h2-3,5-7,9-12,15H,4,8H2,1H3,(H2,29,31)(H,30,33)/t12-,15+/m1/s1. The van der Waals surface area contributed by atoms with Gasteiger partial charge in [-0.3, -0.25) is 4.79 Å². The molecule has 0 spiro atoms. The molecule has 1 aliphatic heterocycles. The van der Waals surface area contributed by atoms with Gasteiger partial charge in [-0.2, -0.15) is 4.68 Å². The van der Waals surface area contributed by atoms with Gasteiger partial charge in [0.1, 0.15) is 12.2 Å². The van der Waals surface area contributed by atoms with E-state index in [9.17, 15) is 9.18 Å². The first-order valence-corrected chi connectivity index (χ1v) is 12.1. The van der Waals surface area contributed by atoms with E-state index in [1.54, 1.807) is 16.8 Å². The lowest BCUT2D eigenvalue weighted by Gasteiger charge is -2.16. The highest BCUT2D eigenvalue weighted by atomic mass is 35.5. The van der Waals surface area contributed by atoms with Crippen LogP contribution in [0, 0.1) is 11.6 Å². The maximum Gasteiger partial charge on any atom is 0.251 e. The van der Waals surface area contributed by atoms with Gasteiger partial charge in [-0.25, -0.2) is 18.7 Å². The van der Waals surface area contributed by atoms with Crippen LogP contribution in [-0.4, -0.2) is 39.7 Å². The maximum atomic E-state index is 15.3. The van der Waals surface area contributed by atoms with Crippen molar-refractivity contribution in [3.05, 3.63) is 87.6 Å². The van der Waals surface area contributed by atoms with Crippen molar-refractivity contribution in [2.24, 2.45) is 0 Å². The van der Waals surface area contributed by atoms with E-state index in [2.05, 4.69) is 30.5 Å². The molecule has 0 radical (unpaired) electrons. The third-order valence-corrected chi connectivity index (χ3v) is 7.08. The average molecular weight is 536 g/mol. The summed E-state index contributed by atoms with van der Waals surface area (Å²) in [7, 11) is 0. The number of nitrogens with two attached hydrogens (primary N) is 1. The number of tetrazole rings is 1. The van der Waals surface area contributed by atoms with Gasteiger partial charge in [0.15, 0.2) is 17.5 Å². The molecule has 0 saturated carbocycles. The molecule has 0 bridgehead atoms. The molecule has 2 atom stereocenters. The molecule has 13 heteroatoms. The molecule has 192 valence electrons. The Morgan fingerprint density at radius 1 is 1.16 bits per heavy atom. The number of nitrogen functional groups attached to an aromatic ring is 1. The molecule has 0 unspecified atom stereocenters. The number of pyridine rings is 2. The molecule has 4 aromatic heterocycles. The van der Waals surface area contributed by atoms with Gasteiger partial charge in [0, 0.05) is 41.5 Å². The Kier molecular flexibility index (Phi) is 5.75. The average Bonchev–Trinajstić information content (AvgIpc) is 3.64. The van der Waals surface area contributed by atoms with Gasteiger partial charge >= 0.3 is 0 Å². The molecule has 0 aliphatic carbocycles. The summed E-state index contributed by atoms with van der Waals surface area (Å²) in [5, 5.41) is 11.0. The number of imidazole rings is 1. The van der Waals surface area contributed by atoms with Crippen molar-refractivity contribution in [3.63, 3.8) is 0 Å². The molecule has 5 aromatic rings. The lowest BCUT2D eigenvalue weighted by Crippen LogP contribution is -2.24. The zero-order valence-electron chi connectivity index (χ0n) is 19.9. The Labute approximate surface area is 219 Å². The van der Waals surface area contributed by atoms with Crippen LogP contribution in [-0.2, 0) is 6.42 Å². The molecule has 0 amide bonds. The van der Waals surface area contributed by atoms with Crippen LogP contribution < -0.4 is 11.3 Å². The van der Waals surface area contributed by atoms with E-state index >= 15 is 4.39 Å². The maximum absolute atomic E-state index is 15.3. The summed E-state index contributed by atoms with van der Waals surface area (Å²) in [4.78, 5) is 24.9. The normalized spacial score (nSPS) is 16.6. The number of fused-ring (bicyclic) bond motifs is 1. The zero-order chi connectivity index (χ0) is 26.6. The molecule has 5 heterocycles. The second-order valence-electron chi connectivity index (χ2n) is 9.22. The van der Waals surface area contributed by atoms with Crippen molar-refractivity contribution in [1.82, 2.24) is 39.7 Å². The van der Waals surface area contributed by atoms with Gasteiger partial charge in [-0.15, -0.1) is 5.10 Å². The highest BCUT2D eigenvalue weighted by Crippen LogP contribution is 2.39. The largest absolute Gasteiger partial charge is 0.381 e. The van der Waals surface area contributed by atoms with Crippen molar-refractivity contribution in [1.29, 1.82) is 0 Å². The number of aromatic amines is 1. The Balaban J connectivity index is 1.35. The molecular formula is C25H20ClF2N9O. The molecule has 6 rings (SSSR count). The summed E-state index contributed by atoms with van der Waals surface area (Å²) in [6, 6.07) is 7.34. The minimum absolute atomic E-state index is 0.0243. The van der Waals surface area contributed by atoms with E-state index in [1.165, 1.54) is 35.4 Å². The van der Waals surface area contributed by atoms with Crippen LogP contribution in [0.4, 0.5) is 14.6 Å². The van der Waals surface area contributed by atoms with Crippen molar-refractivity contribution < 1.29 is 8.78 Å². The van der Waals surface area contributed by atoms with E-state index in [1.807, 2.05) is 13.0 Å². The van der Waals surface area contributed by atoms with E-state index in [0.29, 0.717) is 41.2 Å². The summed E-state index contributed by atoms with van der Waals surface area (Å²) in [5.41, 5.74) is 7.96. The number of nitrogens with zero attached hydrogens (tertiary/aromatic N) is 7. The van der Waals surface area contributed by atoms with Gasteiger partial charge in [0.05, 0.1) is 22.6 Å². The molecule has 1 aromatic carbocycles. The van der Waals surface area contributed by atoms with Crippen LogP contribution in [0.1, 0.15) is 36.8 Å². The molecule has 38 heavy (non-hydrogen) atoms. The van der Waals surface area contributed by atoms with Crippen LogP contribution in [0.5, 0.6) is 0 Å².